The third-order valence-electron chi connectivity index (χ3n) is 5.75. The predicted molar refractivity (Wildman–Crippen MR) is 125 cm³/mol. The van der Waals surface area contributed by atoms with Gasteiger partial charge in [-0.05, 0) is 37.0 Å². The lowest BCUT2D eigenvalue weighted by Crippen LogP contribution is -2.49. The van der Waals surface area contributed by atoms with E-state index >= 15 is 0 Å². The Morgan fingerprint density at radius 1 is 1.10 bits per heavy atom. The molecule has 0 aliphatic carbocycles. The summed E-state index contributed by atoms with van der Waals surface area (Å²) < 4.78 is 4.46. The van der Waals surface area contributed by atoms with E-state index < -0.39 is 0 Å². The summed E-state index contributed by atoms with van der Waals surface area (Å²) in [6.07, 6.45) is 7.42. The van der Waals surface area contributed by atoms with Crippen molar-refractivity contribution in [2.75, 3.05) is 55.1 Å². The van der Waals surface area contributed by atoms with E-state index in [1.807, 2.05) is 23.3 Å². The lowest BCUT2D eigenvalue weighted by molar-refractivity contribution is 0.134. The molecular formula is C21H29ClN6OS. The number of anilines is 2. The van der Waals surface area contributed by atoms with Gasteiger partial charge >= 0.3 is 6.03 Å². The van der Waals surface area contributed by atoms with Crippen LogP contribution in [0.4, 0.5) is 16.3 Å². The smallest absolute Gasteiger partial charge is 0.344 e. The number of aromatic nitrogens is 2. The maximum atomic E-state index is 12.7. The Hall–Kier alpha value is -1.90. The molecule has 3 heterocycles. The SMILES string of the molecule is CSNc1ccn(C(=O)N2CCN(Cc3ccc(Cl)c(N4CCCCC4)c3)CC2)n1. The van der Waals surface area contributed by atoms with Crippen molar-refractivity contribution in [3.05, 3.63) is 41.0 Å². The van der Waals surface area contributed by atoms with Crippen molar-refractivity contribution >= 4 is 41.1 Å². The first-order valence-corrected chi connectivity index (χ1v) is 12.1. The van der Waals surface area contributed by atoms with Crippen molar-refractivity contribution in [3.63, 3.8) is 0 Å². The van der Waals surface area contributed by atoms with Crippen molar-refractivity contribution < 1.29 is 4.79 Å². The summed E-state index contributed by atoms with van der Waals surface area (Å²) in [6.45, 7) is 6.17. The maximum Gasteiger partial charge on any atom is 0.344 e. The first-order valence-electron chi connectivity index (χ1n) is 10.5. The number of rotatable bonds is 5. The molecule has 9 heteroatoms. The minimum absolute atomic E-state index is 0.0670. The molecule has 30 heavy (non-hydrogen) atoms. The van der Waals surface area contributed by atoms with Gasteiger partial charge in [-0.2, -0.15) is 4.68 Å². The van der Waals surface area contributed by atoms with Gasteiger partial charge in [0.1, 0.15) is 0 Å². The molecule has 7 nitrogen and oxygen atoms in total. The van der Waals surface area contributed by atoms with E-state index in [1.54, 1.807) is 6.20 Å². The number of carbonyl (C=O) groups excluding carboxylic acids is 1. The second kappa shape index (κ2) is 9.94. The highest BCUT2D eigenvalue weighted by Gasteiger charge is 2.23. The number of hydrogen-bond donors (Lipinski definition) is 1. The number of halogens is 1. The average Bonchev–Trinajstić information content (AvgIpc) is 3.25. The van der Waals surface area contributed by atoms with E-state index in [4.69, 9.17) is 11.6 Å². The highest BCUT2D eigenvalue weighted by Crippen LogP contribution is 2.30. The fraction of sp³-hybridized carbons (Fsp3) is 0.524. The summed E-state index contributed by atoms with van der Waals surface area (Å²) in [5.74, 6) is 0.696. The fourth-order valence-corrected chi connectivity index (χ4v) is 4.68. The molecule has 0 atom stereocenters. The first kappa shape index (κ1) is 21.3. The zero-order valence-electron chi connectivity index (χ0n) is 17.4. The standard InChI is InChI=1S/C21H29ClN6OS/c1-30-24-20-7-10-28(23-20)21(29)27-13-11-25(12-14-27)16-17-5-6-18(22)19(15-17)26-8-3-2-4-9-26/h5-7,10,15H,2-4,8-9,11-14,16H2,1H3,(H,23,24). The largest absolute Gasteiger partial charge is 0.370 e. The molecule has 0 radical (unpaired) electrons. The van der Waals surface area contributed by atoms with Crippen LogP contribution in [-0.2, 0) is 6.54 Å². The maximum absolute atomic E-state index is 12.7. The number of piperazine rings is 1. The van der Waals surface area contributed by atoms with Crippen LogP contribution in [0.15, 0.2) is 30.5 Å². The van der Waals surface area contributed by atoms with Crippen molar-refractivity contribution in [3.8, 4) is 0 Å². The first-order chi connectivity index (χ1) is 14.6. The molecule has 1 amide bonds. The molecule has 1 aromatic carbocycles. The molecule has 2 aliphatic heterocycles. The van der Waals surface area contributed by atoms with E-state index in [9.17, 15) is 4.79 Å². The van der Waals surface area contributed by atoms with Gasteiger partial charge < -0.3 is 14.5 Å². The quantitative estimate of drug-likeness (QED) is 0.697. The topological polar surface area (TPSA) is 56.6 Å². The third kappa shape index (κ3) is 5.04. The molecule has 1 aromatic heterocycles. The van der Waals surface area contributed by atoms with Crippen LogP contribution >= 0.6 is 23.5 Å². The van der Waals surface area contributed by atoms with Gasteiger partial charge in [-0.3, -0.25) is 4.90 Å². The van der Waals surface area contributed by atoms with Crippen LogP contribution in [0.2, 0.25) is 5.02 Å². The molecule has 2 aromatic rings. The van der Waals surface area contributed by atoms with Crippen LogP contribution < -0.4 is 9.62 Å². The monoisotopic (exact) mass is 448 g/mol. The summed E-state index contributed by atoms with van der Waals surface area (Å²) in [4.78, 5) is 19.4. The van der Waals surface area contributed by atoms with Gasteiger partial charge in [0.05, 0.1) is 10.7 Å². The Balaban J connectivity index is 1.32. The molecule has 4 rings (SSSR count). The summed E-state index contributed by atoms with van der Waals surface area (Å²) in [7, 11) is 0. The van der Waals surface area contributed by atoms with Crippen molar-refractivity contribution in [2.24, 2.45) is 0 Å². The number of piperidine rings is 1. The van der Waals surface area contributed by atoms with Gasteiger partial charge in [0.2, 0.25) is 0 Å². The van der Waals surface area contributed by atoms with Crippen LogP contribution in [-0.4, -0.2) is 71.1 Å². The molecule has 2 aliphatic rings. The Morgan fingerprint density at radius 3 is 2.60 bits per heavy atom. The number of nitrogens with zero attached hydrogens (tertiary/aromatic N) is 5. The number of carbonyl (C=O) groups is 1. The summed E-state index contributed by atoms with van der Waals surface area (Å²) in [6, 6.07) is 8.14. The number of amides is 1. The normalized spacial score (nSPS) is 17.9. The van der Waals surface area contributed by atoms with Crippen molar-refractivity contribution in [1.82, 2.24) is 19.6 Å². The number of hydrogen-bond acceptors (Lipinski definition) is 6. The highest BCUT2D eigenvalue weighted by atomic mass is 35.5. The molecular weight excluding hydrogens is 420 g/mol. The van der Waals surface area contributed by atoms with Gasteiger partial charge in [0.25, 0.3) is 0 Å². The van der Waals surface area contributed by atoms with Gasteiger partial charge in [0, 0.05) is 64.3 Å². The van der Waals surface area contributed by atoms with E-state index in [2.05, 4.69) is 31.8 Å². The Labute approximate surface area is 187 Å². The van der Waals surface area contributed by atoms with Gasteiger partial charge in [0.15, 0.2) is 5.82 Å². The fourth-order valence-electron chi connectivity index (χ4n) is 4.12. The van der Waals surface area contributed by atoms with Crippen LogP contribution in [0.5, 0.6) is 0 Å². The van der Waals surface area contributed by atoms with E-state index in [0.29, 0.717) is 18.9 Å². The molecule has 1 N–H and O–H groups in total. The van der Waals surface area contributed by atoms with Gasteiger partial charge in [-0.1, -0.05) is 29.6 Å². The molecule has 0 spiro atoms. The van der Waals surface area contributed by atoms with E-state index in [0.717, 1.165) is 43.4 Å². The van der Waals surface area contributed by atoms with Crippen LogP contribution in [0, 0.1) is 0 Å². The lowest BCUT2D eigenvalue weighted by atomic mass is 10.1. The van der Waals surface area contributed by atoms with Crippen LogP contribution in [0.1, 0.15) is 24.8 Å². The molecule has 2 fully saturated rings. The van der Waals surface area contributed by atoms with E-state index in [1.165, 1.54) is 41.5 Å². The average molecular weight is 449 g/mol. The molecule has 162 valence electrons. The van der Waals surface area contributed by atoms with Crippen molar-refractivity contribution in [1.29, 1.82) is 0 Å². The van der Waals surface area contributed by atoms with Crippen LogP contribution in [0.25, 0.3) is 0 Å². The minimum atomic E-state index is -0.0670. The zero-order chi connectivity index (χ0) is 20.9. The van der Waals surface area contributed by atoms with E-state index in [-0.39, 0.29) is 6.03 Å². The predicted octanol–water partition coefficient (Wildman–Crippen LogP) is 4.00. The van der Waals surface area contributed by atoms with Gasteiger partial charge in [-0.15, -0.1) is 5.10 Å². The number of benzene rings is 1. The van der Waals surface area contributed by atoms with Gasteiger partial charge in [-0.25, -0.2) is 4.79 Å². The Bertz CT molecular complexity index is 861. The summed E-state index contributed by atoms with van der Waals surface area (Å²) >= 11 is 7.95. The molecule has 0 bridgehead atoms. The van der Waals surface area contributed by atoms with Crippen molar-refractivity contribution in [2.45, 2.75) is 25.8 Å². The number of nitrogens with one attached hydrogen (secondary N) is 1. The Morgan fingerprint density at radius 2 is 1.87 bits per heavy atom. The molecule has 0 saturated carbocycles. The molecule has 0 unspecified atom stereocenters. The highest BCUT2D eigenvalue weighted by molar-refractivity contribution is 7.99. The second-order valence-electron chi connectivity index (χ2n) is 7.83. The lowest BCUT2D eigenvalue weighted by Gasteiger charge is -2.35. The van der Waals surface area contributed by atoms with Crippen LogP contribution in [0.3, 0.4) is 0 Å². The summed E-state index contributed by atoms with van der Waals surface area (Å²) in [5.41, 5.74) is 2.44. The minimum Gasteiger partial charge on any atom is -0.370 e. The second-order valence-corrected chi connectivity index (χ2v) is 8.85. The zero-order valence-corrected chi connectivity index (χ0v) is 19.0. The summed E-state index contributed by atoms with van der Waals surface area (Å²) in [5, 5.41) is 5.13. The third-order valence-corrected chi connectivity index (χ3v) is 6.48. The molecule has 2 saturated heterocycles. The Kier molecular flexibility index (Phi) is 7.07.